The van der Waals surface area contributed by atoms with E-state index in [1.54, 1.807) is 13.0 Å². The van der Waals surface area contributed by atoms with Gasteiger partial charge in [-0.25, -0.2) is 4.39 Å². The first-order chi connectivity index (χ1) is 15.6. The maximum Gasteiger partial charge on any atom is 0.201 e. The molecular formula is C28H40F2O2. The molecule has 0 saturated heterocycles. The molecule has 0 radical (unpaired) electrons. The molecule has 1 atom stereocenters. The van der Waals surface area contributed by atoms with Crippen molar-refractivity contribution in [1.82, 2.24) is 0 Å². The average molecular weight is 447 g/mol. The summed E-state index contributed by atoms with van der Waals surface area (Å²) in [5.74, 6) is 1.66. The lowest BCUT2D eigenvalue weighted by Crippen LogP contribution is -2.27. The van der Waals surface area contributed by atoms with Crippen molar-refractivity contribution in [2.75, 3.05) is 6.61 Å². The zero-order valence-electron chi connectivity index (χ0n) is 19.9. The molecule has 0 aromatic heterocycles. The minimum Gasteiger partial charge on any atom is -0.493 e. The summed E-state index contributed by atoms with van der Waals surface area (Å²) in [5, 5.41) is 0. The Bertz CT molecular complexity index is 774. The predicted octanol–water partition coefficient (Wildman–Crippen LogP) is 8.51. The number of rotatable bonds is 7. The average Bonchev–Trinajstić information content (AvgIpc) is 2.83. The van der Waals surface area contributed by atoms with Gasteiger partial charge in [0.05, 0.1) is 12.9 Å². The Balaban J connectivity index is 1.28. The van der Waals surface area contributed by atoms with Gasteiger partial charge in [-0.2, -0.15) is 4.39 Å². The standard InChI is InChI=1S/C28H40F2O2/c1-3-5-19-6-8-20(9-7-19)21-10-12-22(13-11-21)23-14-16-25(32-18-23)24-15-17-26(31-4-2)28(30)27(24)29/h15,17-22,25H,3-14,16H2,1-2H3. The Hall–Kier alpha value is -1.58. The summed E-state index contributed by atoms with van der Waals surface area (Å²) < 4.78 is 39.9. The second kappa shape index (κ2) is 11.0. The third kappa shape index (κ3) is 5.31. The van der Waals surface area contributed by atoms with Crippen LogP contribution in [0.2, 0.25) is 0 Å². The van der Waals surface area contributed by atoms with Crippen molar-refractivity contribution in [2.24, 2.45) is 23.7 Å². The van der Waals surface area contributed by atoms with E-state index < -0.39 is 17.7 Å². The van der Waals surface area contributed by atoms with Crippen LogP contribution in [0.5, 0.6) is 5.75 Å². The van der Waals surface area contributed by atoms with E-state index in [0.717, 1.165) is 24.2 Å². The van der Waals surface area contributed by atoms with E-state index in [-0.39, 0.29) is 5.75 Å². The lowest BCUT2D eigenvalue weighted by atomic mass is 9.67. The molecule has 2 aliphatic carbocycles. The fraction of sp³-hybridized carbons (Fsp3) is 0.714. The molecule has 2 nitrogen and oxygen atoms in total. The molecule has 4 heteroatoms. The fourth-order valence-corrected chi connectivity index (χ4v) is 6.50. The lowest BCUT2D eigenvalue weighted by Gasteiger charge is -2.39. The van der Waals surface area contributed by atoms with E-state index in [2.05, 4.69) is 6.92 Å². The minimum atomic E-state index is -0.912. The molecule has 32 heavy (non-hydrogen) atoms. The summed E-state index contributed by atoms with van der Waals surface area (Å²) in [6, 6.07) is 3.12. The molecule has 178 valence electrons. The Morgan fingerprint density at radius 3 is 2.16 bits per heavy atom. The van der Waals surface area contributed by atoms with Crippen molar-refractivity contribution in [2.45, 2.75) is 97.0 Å². The summed E-state index contributed by atoms with van der Waals surface area (Å²) in [5.41, 5.74) is 1.67. The van der Waals surface area contributed by atoms with Crippen LogP contribution in [0.3, 0.4) is 0 Å². The quantitative estimate of drug-likeness (QED) is 0.418. The predicted molar refractivity (Wildman–Crippen MR) is 124 cm³/mol. The van der Waals surface area contributed by atoms with Crippen LogP contribution in [-0.2, 0) is 4.74 Å². The van der Waals surface area contributed by atoms with Gasteiger partial charge in [-0.05, 0) is 99.7 Å². The summed E-state index contributed by atoms with van der Waals surface area (Å²) >= 11 is 0. The zero-order chi connectivity index (χ0) is 22.5. The van der Waals surface area contributed by atoms with Crippen molar-refractivity contribution in [1.29, 1.82) is 0 Å². The molecule has 0 bridgehead atoms. The molecule has 1 unspecified atom stereocenters. The Labute approximate surface area is 192 Å². The van der Waals surface area contributed by atoms with Gasteiger partial charge in [0.15, 0.2) is 11.6 Å². The number of halogens is 2. The lowest BCUT2D eigenvalue weighted by molar-refractivity contribution is 0.104. The highest BCUT2D eigenvalue weighted by atomic mass is 19.2. The topological polar surface area (TPSA) is 18.5 Å². The summed E-state index contributed by atoms with van der Waals surface area (Å²) in [6.07, 6.45) is 16.8. The van der Waals surface area contributed by atoms with Crippen LogP contribution >= 0.6 is 0 Å². The Morgan fingerprint density at radius 2 is 1.56 bits per heavy atom. The fourth-order valence-electron chi connectivity index (χ4n) is 6.50. The van der Waals surface area contributed by atoms with E-state index in [9.17, 15) is 8.78 Å². The zero-order valence-corrected chi connectivity index (χ0v) is 19.9. The highest BCUT2D eigenvalue weighted by Crippen LogP contribution is 2.45. The summed E-state index contributed by atoms with van der Waals surface area (Å²) in [6.45, 7) is 4.38. The normalized spacial score (nSPS) is 31.0. The van der Waals surface area contributed by atoms with Crippen molar-refractivity contribution >= 4 is 0 Å². The largest absolute Gasteiger partial charge is 0.493 e. The van der Waals surface area contributed by atoms with Crippen LogP contribution in [-0.4, -0.2) is 6.61 Å². The second-order valence-corrected chi connectivity index (χ2v) is 10.3. The molecule has 1 aliphatic heterocycles. The van der Waals surface area contributed by atoms with Crippen LogP contribution in [0, 0.1) is 35.3 Å². The molecule has 0 amide bonds. The Morgan fingerprint density at radius 1 is 0.875 bits per heavy atom. The van der Waals surface area contributed by atoms with E-state index in [0.29, 0.717) is 24.5 Å². The molecule has 1 heterocycles. The number of ether oxygens (including phenoxy) is 2. The van der Waals surface area contributed by atoms with Gasteiger partial charge in [-0.3, -0.25) is 0 Å². The van der Waals surface area contributed by atoms with Crippen LogP contribution < -0.4 is 4.74 Å². The minimum absolute atomic E-state index is 0.0311. The van der Waals surface area contributed by atoms with Crippen LogP contribution in [0.1, 0.15) is 103 Å². The maximum absolute atomic E-state index is 14.6. The van der Waals surface area contributed by atoms with Crippen LogP contribution in [0.4, 0.5) is 8.78 Å². The first kappa shape index (κ1) is 23.6. The smallest absolute Gasteiger partial charge is 0.201 e. The van der Waals surface area contributed by atoms with Gasteiger partial charge >= 0.3 is 0 Å². The molecule has 0 N–H and O–H groups in total. The van der Waals surface area contributed by atoms with Gasteiger partial charge in [0.25, 0.3) is 0 Å². The Kier molecular flexibility index (Phi) is 8.12. The third-order valence-electron chi connectivity index (χ3n) is 8.35. The molecule has 2 fully saturated rings. The van der Waals surface area contributed by atoms with Crippen molar-refractivity contribution in [3.8, 4) is 5.75 Å². The van der Waals surface area contributed by atoms with E-state index in [4.69, 9.17) is 9.47 Å². The first-order valence-corrected chi connectivity index (χ1v) is 13.1. The van der Waals surface area contributed by atoms with Crippen molar-refractivity contribution in [3.05, 3.63) is 41.2 Å². The number of benzene rings is 1. The monoisotopic (exact) mass is 446 g/mol. The number of allylic oxidation sites excluding steroid dienone is 1. The maximum atomic E-state index is 14.6. The van der Waals surface area contributed by atoms with Crippen LogP contribution in [0.25, 0.3) is 0 Å². The van der Waals surface area contributed by atoms with Crippen LogP contribution in [0.15, 0.2) is 24.0 Å². The highest BCUT2D eigenvalue weighted by molar-refractivity contribution is 5.33. The first-order valence-electron chi connectivity index (χ1n) is 13.1. The molecule has 4 rings (SSSR count). The summed E-state index contributed by atoms with van der Waals surface area (Å²) in [4.78, 5) is 0. The molecule has 3 aliphatic rings. The summed E-state index contributed by atoms with van der Waals surface area (Å²) in [7, 11) is 0. The molecule has 1 aromatic rings. The van der Waals surface area contributed by atoms with Gasteiger partial charge < -0.3 is 9.47 Å². The molecule has 1 aromatic carbocycles. The van der Waals surface area contributed by atoms with Gasteiger partial charge in [0.2, 0.25) is 5.82 Å². The van der Waals surface area contributed by atoms with Crippen molar-refractivity contribution in [3.63, 3.8) is 0 Å². The highest BCUT2D eigenvalue weighted by Gasteiger charge is 2.33. The number of hydrogen-bond donors (Lipinski definition) is 0. The second-order valence-electron chi connectivity index (χ2n) is 10.3. The van der Waals surface area contributed by atoms with Gasteiger partial charge in [-0.15, -0.1) is 0 Å². The van der Waals surface area contributed by atoms with E-state index in [1.807, 2.05) is 6.26 Å². The molecular weight excluding hydrogens is 406 g/mol. The van der Waals surface area contributed by atoms with Gasteiger partial charge in [-0.1, -0.05) is 32.6 Å². The van der Waals surface area contributed by atoms with E-state index in [1.165, 1.54) is 75.8 Å². The van der Waals surface area contributed by atoms with Crippen molar-refractivity contribution < 1.29 is 18.3 Å². The SMILES string of the molecule is CCCC1CCC(C2CCC(C3=COC(c4ccc(OCC)c(F)c4F)CC3)CC2)CC1. The number of hydrogen-bond acceptors (Lipinski definition) is 2. The van der Waals surface area contributed by atoms with Gasteiger partial charge in [0.1, 0.15) is 6.10 Å². The van der Waals surface area contributed by atoms with E-state index >= 15 is 0 Å². The third-order valence-corrected chi connectivity index (χ3v) is 8.35. The molecule has 0 spiro atoms. The van der Waals surface area contributed by atoms with Gasteiger partial charge in [0, 0.05) is 5.56 Å². The molecule has 2 saturated carbocycles.